The average Bonchev–Trinajstić information content (AvgIpc) is 3.08. The molecule has 0 heterocycles. The molecule has 6 rings (SSSR count). The summed E-state index contributed by atoms with van der Waals surface area (Å²) < 4.78 is 7.53. The summed E-state index contributed by atoms with van der Waals surface area (Å²) in [5.74, 6) is -0.225. The molecule has 0 spiro atoms. The third kappa shape index (κ3) is 5.32. The third-order valence-electron chi connectivity index (χ3n) is 8.59. The first-order chi connectivity index (χ1) is 21.9. The molecule has 0 fully saturated rings. The molecule has 6 aromatic rings. The van der Waals surface area contributed by atoms with Crippen molar-refractivity contribution < 1.29 is 42.4 Å². The molecular weight excluding hydrogens is 787 g/mol. The first-order valence-electron chi connectivity index (χ1n) is 15.0. The van der Waals surface area contributed by atoms with Gasteiger partial charge in [-0.25, -0.2) is 0 Å². The quantitative estimate of drug-likeness (QED) is 0.111. The standard InChI is InChI=1S/2C18H15P.C2H4O2.2CH3.2Pd/c2*1-4-10-16(11-5-1)19(17-12-6-2-7-13-17)18-14-8-3-9-15-18;1-2(3)4;;;;/h2*1-15H;1H3,(H,3,4);2*1H3;;/q;;;;;;-1/p+1. The Bertz CT molecular complexity index is 1550. The first-order valence-corrected chi connectivity index (χ1v) is 27.0. The van der Waals surface area contributed by atoms with Gasteiger partial charge in [-0.3, -0.25) is 0 Å². The van der Waals surface area contributed by atoms with Crippen LogP contribution in [0.15, 0.2) is 182 Å². The second-order valence-corrected chi connectivity index (χ2v) is 44.3. The van der Waals surface area contributed by atoms with Gasteiger partial charge in [0.15, 0.2) is 0 Å². The molecule has 0 aliphatic carbocycles. The largest absolute Gasteiger partial charge is 0 e. The van der Waals surface area contributed by atoms with E-state index in [1.54, 1.807) is 6.92 Å². The van der Waals surface area contributed by atoms with Gasteiger partial charge in [-0.05, 0) is 0 Å². The van der Waals surface area contributed by atoms with Crippen LogP contribution in [-0.2, 0) is 42.4 Å². The number of carbonyl (C=O) groups is 1. The Balaban J connectivity index is 0.00000417. The van der Waals surface area contributed by atoms with Crippen molar-refractivity contribution in [2.75, 3.05) is 0 Å². The van der Waals surface area contributed by atoms with E-state index in [9.17, 15) is 4.79 Å². The number of benzene rings is 6. The zero-order valence-corrected chi connectivity index (χ0v) is 31.4. The number of hydrogen-bond donors (Lipinski definition) is 0. The summed E-state index contributed by atoms with van der Waals surface area (Å²) in [6, 6.07) is 65.8. The fourth-order valence-corrected chi connectivity index (χ4v) is 67.3. The van der Waals surface area contributed by atoms with Crippen molar-refractivity contribution in [2.45, 2.75) is 17.7 Å². The van der Waals surface area contributed by atoms with Gasteiger partial charge in [0.25, 0.3) is 0 Å². The van der Waals surface area contributed by atoms with Crippen molar-refractivity contribution in [3.05, 3.63) is 182 Å². The van der Waals surface area contributed by atoms with E-state index in [-0.39, 0.29) is 26.4 Å². The monoisotopic (exact) mass is 827 g/mol. The van der Waals surface area contributed by atoms with Crippen molar-refractivity contribution in [1.82, 2.24) is 0 Å². The summed E-state index contributed by atoms with van der Waals surface area (Å²) >= 11 is -4.51. The van der Waals surface area contributed by atoms with Gasteiger partial charge in [0.2, 0.25) is 0 Å². The maximum atomic E-state index is 14.0. The topological polar surface area (TPSA) is 26.3 Å². The van der Waals surface area contributed by atoms with Crippen molar-refractivity contribution in [1.29, 1.82) is 0 Å². The average molecular weight is 829 g/mol. The molecule has 6 heteroatoms. The van der Waals surface area contributed by atoms with Crippen molar-refractivity contribution in [3.63, 3.8) is 0 Å². The predicted octanol–water partition coefficient (Wildman–Crippen LogP) is 7.53. The molecule has 6 aromatic carbocycles. The molecule has 0 radical (unpaired) electrons. The van der Waals surface area contributed by atoms with E-state index in [1.165, 1.54) is 31.8 Å². The van der Waals surface area contributed by atoms with Gasteiger partial charge in [0.05, 0.1) is 0 Å². The van der Waals surface area contributed by atoms with E-state index in [1.807, 2.05) is 0 Å². The molecule has 0 saturated carbocycles. The van der Waals surface area contributed by atoms with Crippen LogP contribution >= 0.6 is 10.9 Å². The van der Waals surface area contributed by atoms with Gasteiger partial charge in [-0.15, -0.1) is 0 Å². The van der Waals surface area contributed by atoms with Crippen LogP contribution in [0.1, 0.15) is 6.92 Å². The predicted molar refractivity (Wildman–Crippen MR) is 197 cm³/mol. The van der Waals surface area contributed by atoms with E-state index in [2.05, 4.69) is 193 Å². The van der Waals surface area contributed by atoms with Gasteiger partial charge in [0.1, 0.15) is 0 Å². The van der Waals surface area contributed by atoms with E-state index in [0.717, 1.165) is 0 Å². The number of hydrogen-bond acceptors (Lipinski definition) is 2. The first kappa shape index (κ1) is 34.3. The maximum Gasteiger partial charge on any atom is 0 e. The molecule has 0 atom stereocenters. The molecule has 243 valence electrons. The third-order valence-corrected chi connectivity index (χ3v) is 56.9. The second-order valence-electron chi connectivity index (χ2n) is 11.4. The van der Waals surface area contributed by atoms with Crippen LogP contribution in [0.5, 0.6) is 0 Å². The normalized spacial score (nSPS) is 13.3. The van der Waals surface area contributed by atoms with Crippen LogP contribution in [0.2, 0.25) is 10.8 Å². The number of rotatable bonds is 9. The molecule has 0 unspecified atom stereocenters. The Morgan fingerprint density at radius 2 is 0.587 bits per heavy atom. The molecule has 0 aliphatic heterocycles. The Kier molecular flexibility index (Phi) is 10.4. The molecule has 0 aromatic heterocycles. The van der Waals surface area contributed by atoms with E-state index < -0.39 is 24.6 Å². The van der Waals surface area contributed by atoms with Gasteiger partial charge in [-0.1, -0.05) is 0 Å². The van der Waals surface area contributed by atoms with Crippen molar-refractivity contribution >= 4 is 48.7 Å². The zero-order chi connectivity index (χ0) is 31.4. The number of carbonyl (C=O) groups excluding carboxylic acids is 1. The minimum atomic E-state index is -4.51. The summed E-state index contributed by atoms with van der Waals surface area (Å²) in [5, 5.41) is 12.4. The van der Waals surface area contributed by atoms with Crippen LogP contribution in [0.25, 0.3) is 0 Å². The van der Waals surface area contributed by atoms with Crippen LogP contribution in [-0.4, -0.2) is 5.97 Å². The summed E-state index contributed by atoms with van der Waals surface area (Å²) in [6.45, 7) is 1.61. The van der Waals surface area contributed by atoms with Gasteiger partial charge >= 0.3 is 270 Å². The van der Waals surface area contributed by atoms with Crippen LogP contribution < -0.4 is 31.8 Å². The Labute approximate surface area is 288 Å². The van der Waals surface area contributed by atoms with Crippen molar-refractivity contribution in [3.8, 4) is 0 Å². The molecule has 46 heavy (non-hydrogen) atoms. The summed E-state index contributed by atoms with van der Waals surface area (Å²) in [6.07, 6.45) is 0. The molecule has 0 amide bonds. The fraction of sp³-hybridized carbons (Fsp3) is 0.0750. The Morgan fingerprint density at radius 3 is 0.739 bits per heavy atom. The summed E-state index contributed by atoms with van der Waals surface area (Å²) in [5.41, 5.74) is -6.54. The van der Waals surface area contributed by atoms with Crippen LogP contribution in [0, 0.1) is 0 Å². The molecule has 0 bridgehead atoms. The summed E-state index contributed by atoms with van der Waals surface area (Å²) in [7, 11) is 0. The van der Waals surface area contributed by atoms with Crippen molar-refractivity contribution in [2.24, 2.45) is 0 Å². The Morgan fingerprint density at radius 1 is 0.413 bits per heavy atom. The molecule has 0 saturated heterocycles. The van der Waals surface area contributed by atoms with Gasteiger partial charge < -0.3 is 0 Å². The van der Waals surface area contributed by atoms with E-state index >= 15 is 0 Å². The van der Waals surface area contributed by atoms with Crippen LogP contribution in [0.4, 0.5) is 0 Å². The minimum absolute atomic E-state index is 0. The maximum absolute atomic E-state index is 14.0. The SMILES string of the molecule is CC(=O)[O][Pd]([CH3])([CH3])([PH](c1ccccc1)(c1ccccc1)c1ccccc1)[PH](c1ccccc1)(c1ccccc1)c1ccccc1.[Pd]. The Hall–Kier alpha value is -3.03. The fourth-order valence-electron chi connectivity index (χ4n) is 7.09. The van der Waals surface area contributed by atoms with Gasteiger partial charge in [0, 0.05) is 20.4 Å². The summed E-state index contributed by atoms with van der Waals surface area (Å²) in [4.78, 5) is 14.0. The second kappa shape index (κ2) is 14.0. The van der Waals surface area contributed by atoms with Crippen LogP contribution in [0.3, 0.4) is 0 Å². The molecule has 0 aliphatic rings. The molecular formula is C40H41O2P2Pd2. The van der Waals surface area contributed by atoms with Gasteiger partial charge in [-0.2, -0.15) is 0 Å². The molecule has 2 nitrogen and oxygen atoms in total. The minimum Gasteiger partial charge on any atom is 0 e. The molecule has 0 N–H and O–H groups in total. The van der Waals surface area contributed by atoms with E-state index in [4.69, 9.17) is 3.46 Å². The smallest absolute Gasteiger partial charge is 0 e. The van der Waals surface area contributed by atoms with E-state index in [0.29, 0.717) is 0 Å². The zero-order valence-electron chi connectivity index (χ0n) is 26.3.